The molecule has 0 N–H and O–H groups in total. The van der Waals surface area contributed by atoms with Gasteiger partial charge in [0.15, 0.2) is 0 Å². The van der Waals surface area contributed by atoms with Crippen molar-refractivity contribution in [1.82, 2.24) is 0 Å². The Morgan fingerprint density at radius 3 is 1.95 bits per heavy atom. The van der Waals surface area contributed by atoms with E-state index in [1.807, 2.05) is 0 Å². The number of allylic oxidation sites excluding steroid dienone is 1. The van der Waals surface area contributed by atoms with E-state index < -0.39 is 8.80 Å². The van der Waals surface area contributed by atoms with Gasteiger partial charge in [0.1, 0.15) is 0 Å². The van der Waals surface area contributed by atoms with Crippen LogP contribution in [0.5, 0.6) is 0 Å². The van der Waals surface area contributed by atoms with Gasteiger partial charge in [-0.25, -0.2) is 0 Å². The van der Waals surface area contributed by atoms with E-state index in [-0.39, 0.29) is 0 Å². The molecule has 0 aromatic heterocycles. The van der Waals surface area contributed by atoms with Crippen molar-refractivity contribution in [3.8, 4) is 33.4 Å². The third kappa shape index (κ3) is 3.36. The third-order valence-electron chi connectivity index (χ3n) is 8.93. The van der Waals surface area contributed by atoms with Gasteiger partial charge in [0.05, 0.1) is 8.80 Å². The van der Waals surface area contributed by atoms with Crippen LogP contribution in [-0.4, -0.2) is 8.80 Å². The van der Waals surface area contributed by atoms with Crippen LogP contribution in [0.2, 0.25) is 13.1 Å². The summed E-state index contributed by atoms with van der Waals surface area (Å²) in [5, 5.41) is 1.66. The Morgan fingerprint density at radius 2 is 1.23 bits per heavy atom. The third-order valence-corrected chi connectivity index (χ3v) is 10.7. The lowest BCUT2D eigenvalue weighted by atomic mass is 9.80. The van der Waals surface area contributed by atoms with Gasteiger partial charge in [-0.05, 0) is 91.4 Å². The molecule has 0 heterocycles. The highest BCUT2D eigenvalue weighted by Crippen LogP contribution is 2.52. The molecule has 4 bridgehead atoms. The number of hydrogen-bond donors (Lipinski definition) is 0. The van der Waals surface area contributed by atoms with Gasteiger partial charge in [-0.15, -0.1) is 0 Å². The van der Waals surface area contributed by atoms with Gasteiger partial charge in [0.25, 0.3) is 0 Å². The molecule has 0 saturated heterocycles. The average molecular weight is 515 g/mol. The Kier molecular flexibility index (Phi) is 5.03. The van der Waals surface area contributed by atoms with Crippen LogP contribution in [0.25, 0.3) is 39.5 Å². The lowest BCUT2D eigenvalue weighted by Gasteiger charge is -2.26. The lowest BCUT2D eigenvalue weighted by molar-refractivity contribution is 0.979. The highest BCUT2D eigenvalue weighted by molar-refractivity contribution is 6.73. The summed E-state index contributed by atoms with van der Waals surface area (Å²) in [5.41, 5.74) is 20.1. The maximum atomic E-state index is 2.54. The fraction of sp³-hybridized carbons (Fsp3) is 0.105. The smallest absolute Gasteiger partial charge is 0.0659 e. The normalized spacial score (nSPS) is 16.0. The number of fused-ring (bicyclic) bond motifs is 8. The van der Waals surface area contributed by atoms with Crippen LogP contribution in [0.1, 0.15) is 51.8 Å². The van der Waals surface area contributed by atoms with E-state index in [1.54, 1.807) is 5.19 Å². The fourth-order valence-electron chi connectivity index (χ4n) is 7.31. The molecule has 0 aliphatic heterocycles. The van der Waals surface area contributed by atoms with Crippen molar-refractivity contribution in [3.63, 3.8) is 0 Å². The van der Waals surface area contributed by atoms with Crippen molar-refractivity contribution in [3.05, 3.63) is 154 Å². The minimum absolute atomic E-state index is 0.398. The maximum Gasteiger partial charge on any atom is 0.0659 e. The molecule has 0 saturated carbocycles. The predicted molar refractivity (Wildman–Crippen MR) is 168 cm³/mol. The molecule has 9 rings (SSSR count). The van der Waals surface area contributed by atoms with Crippen molar-refractivity contribution in [2.24, 2.45) is 0 Å². The molecule has 1 heteroatoms. The minimum Gasteiger partial charge on any atom is -0.0682 e. The topological polar surface area (TPSA) is 0 Å². The molecule has 1 atom stereocenters. The molecule has 2 radical (unpaired) electrons. The van der Waals surface area contributed by atoms with Gasteiger partial charge in [0.2, 0.25) is 0 Å². The molecule has 1 unspecified atom stereocenters. The van der Waals surface area contributed by atoms with Gasteiger partial charge in [-0.3, -0.25) is 0 Å². The van der Waals surface area contributed by atoms with Crippen LogP contribution >= 0.6 is 0 Å². The zero-order valence-electron chi connectivity index (χ0n) is 22.6. The van der Waals surface area contributed by atoms with E-state index in [2.05, 4.69) is 136 Å². The summed E-state index contributed by atoms with van der Waals surface area (Å²) in [6.07, 6.45) is 7.09. The van der Waals surface area contributed by atoms with Crippen molar-refractivity contribution in [2.45, 2.75) is 25.9 Å². The van der Waals surface area contributed by atoms with E-state index in [9.17, 15) is 0 Å². The van der Waals surface area contributed by atoms with E-state index in [0.29, 0.717) is 5.92 Å². The molecule has 0 nitrogen and oxygen atoms in total. The Hall–Kier alpha value is -3.94. The van der Waals surface area contributed by atoms with Gasteiger partial charge in [-0.1, -0.05) is 115 Å². The van der Waals surface area contributed by atoms with E-state index in [4.69, 9.17) is 0 Å². The Balaban J connectivity index is 0.000000151. The summed E-state index contributed by atoms with van der Waals surface area (Å²) in [5.74, 6) is 0.398. The molecule has 5 aromatic carbocycles. The lowest BCUT2D eigenvalue weighted by Crippen LogP contribution is -2.29. The number of rotatable bonds is 2. The monoisotopic (exact) mass is 514 g/mol. The second-order valence-electron chi connectivity index (χ2n) is 11.6. The van der Waals surface area contributed by atoms with Crippen molar-refractivity contribution in [2.75, 3.05) is 0 Å². The summed E-state index contributed by atoms with van der Waals surface area (Å²) in [6, 6.07) is 35.6. The highest BCUT2D eigenvalue weighted by atomic mass is 28.3. The standard InChI is InChI=1S/C25H21Si.C13H9/c1-14-10-15-6-4-5-7-18(15)23(14)21-13-20-16-8-9-19-17(11-16)12-22(24(19)21)25(20)26(2)3;1-3-7-12-10(5-1)9-11-6-2-4-8-13(11)12/h4-13,23,26H,1-3H3;1-9H. The summed E-state index contributed by atoms with van der Waals surface area (Å²) in [7, 11) is -0.921. The molecule has 4 aliphatic carbocycles. The van der Waals surface area contributed by atoms with Crippen LogP contribution in [0.4, 0.5) is 0 Å². The number of hydrogen-bond acceptors (Lipinski definition) is 0. The van der Waals surface area contributed by atoms with Gasteiger partial charge < -0.3 is 0 Å². The van der Waals surface area contributed by atoms with Crippen LogP contribution in [0.3, 0.4) is 0 Å². The predicted octanol–water partition coefficient (Wildman–Crippen LogP) is 8.76. The maximum absolute atomic E-state index is 2.54. The molecule has 4 aliphatic rings. The van der Waals surface area contributed by atoms with Crippen LogP contribution < -0.4 is 5.19 Å². The highest BCUT2D eigenvalue weighted by Gasteiger charge is 2.35. The van der Waals surface area contributed by atoms with Crippen LogP contribution in [0.15, 0.2) is 103 Å². The first kappa shape index (κ1) is 23.0. The molecule has 0 amide bonds. The second kappa shape index (κ2) is 8.53. The molecule has 186 valence electrons. The molecule has 39 heavy (non-hydrogen) atoms. The van der Waals surface area contributed by atoms with Crippen LogP contribution in [-0.2, 0) is 0 Å². The second-order valence-corrected chi connectivity index (χ2v) is 14.5. The van der Waals surface area contributed by atoms with Crippen molar-refractivity contribution < 1.29 is 0 Å². The van der Waals surface area contributed by atoms with Gasteiger partial charge in [0, 0.05) is 18.8 Å². The molecule has 5 aromatic rings. The van der Waals surface area contributed by atoms with Gasteiger partial charge >= 0.3 is 0 Å². The van der Waals surface area contributed by atoms with E-state index >= 15 is 0 Å². The zero-order chi connectivity index (χ0) is 26.2. The quantitative estimate of drug-likeness (QED) is 0.202. The van der Waals surface area contributed by atoms with E-state index in [1.165, 1.54) is 77.9 Å². The zero-order valence-corrected chi connectivity index (χ0v) is 23.8. The first-order valence-electron chi connectivity index (χ1n) is 14.1. The molecule has 0 spiro atoms. The number of benzene rings is 5. The van der Waals surface area contributed by atoms with Crippen molar-refractivity contribution in [1.29, 1.82) is 0 Å². The fourth-order valence-corrected chi connectivity index (χ4v) is 9.03. The van der Waals surface area contributed by atoms with Crippen molar-refractivity contribution >= 4 is 20.1 Å². The molecular formula is C38H30Si. The first-order chi connectivity index (χ1) is 19.1. The summed E-state index contributed by atoms with van der Waals surface area (Å²) >= 11 is 0. The molecule has 0 fully saturated rings. The summed E-state index contributed by atoms with van der Waals surface area (Å²) < 4.78 is 0. The first-order valence-corrected chi connectivity index (χ1v) is 17.0. The summed E-state index contributed by atoms with van der Waals surface area (Å²) in [6.45, 7) is 7.23. The largest absolute Gasteiger partial charge is 0.0682 e. The SMILES string of the molecule is CC1=Cc2ccccc2C1c1cc2c([SiH](C)C)c3c1-c1ccc-2cc1[CH]3.[CH]1c2ccccc2-c2ccccc21. The Bertz CT molecular complexity index is 1810. The summed E-state index contributed by atoms with van der Waals surface area (Å²) in [4.78, 5) is 0. The molecular weight excluding hydrogens is 485 g/mol. The van der Waals surface area contributed by atoms with Crippen LogP contribution in [0, 0.1) is 12.8 Å². The Labute approximate surface area is 233 Å². The Morgan fingerprint density at radius 1 is 0.564 bits per heavy atom. The minimum atomic E-state index is -0.921. The average Bonchev–Trinajstić information content (AvgIpc) is 3.59. The van der Waals surface area contributed by atoms with E-state index in [0.717, 1.165) is 0 Å². The van der Waals surface area contributed by atoms with Gasteiger partial charge in [-0.2, -0.15) is 0 Å².